The number of nitrogens with one attached hydrogen (secondary N) is 3. The van der Waals surface area contributed by atoms with Gasteiger partial charge >= 0.3 is 0 Å². The predicted molar refractivity (Wildman–Crippen MR) is 130 cm³/mol. The normalized spacial score (nSPS) is 21.5. The summed E-state index contributed by atoms with van der Waals surface area (Å²) in [5.74, 6) is 1.24. The van der Waals surface area contributed by atoms with Gasteiger partial charge < -0.3 is 25.4 Å². The van der Waals surface area contributed by atoms with E-state index in [9.17, 15) is 14.4 Å². The van der Waals surface area contributed by atoms with E-state index in [1.165, 1.54) is 0 Å². The second-order valence-corrected chi connectivity index (χ2v) is 8.91. The maximum absolute atomic E-state index is 12.7. The van der Waals surface area contributed by atoms with Gasteiger partial charge in [-0.3, -0.25) is 19.3 Å². The average Bonchev–Trinajstić information content (AvgIpc) is 3.32. The Morgan fingerprint density at radius 3 is 2.34 bits per heavy atom. The second-order valence-electron chi connectivity index (χ2n) is 8.91. The highest BCUT2D eigenvalue weighted by Crippen LogP contribution is 2.26. The number of amides is 3. The van der Waals surface area contributed by atoms with E-state index in [0.717, 1.165) is 11.3 Å². The quantitative estimate of drug-likeness (QED) is 0.502. The first-order valence-electron chi connectivity index (χ1n) is 11.8. The Kier molecular flexibility index (Phi) is 7.87. The smallest absolute Gasteiger partial charge is 0.251 e. The molecule has 0 aromatic heterocycles. The molecular formula is C26H32N4O5. The molecule has 9 heteroatoms. The van der Waals surface area contributed by atoms with Crippen LogP contribution in [-0.2, 0) is 16.1 Å². The number of rotatable bonds is 9. The van der Waals surface area contributed by atoms with Crippen LogP contribution in [-0.4, -0.2) is 68.1 Å². The Bertz CT molecular complexity index is 1040. The van der Waals surface area contributed by atoms with E-state index in [1.807, 2.05) is 24.3 Å². The van der Waals surface area contributed by atoms with Gasteiger partial charge in [0.2, 0.25) is 11.8 Å². The molecule has 0 radical (unpaired) electrons. The van der Waals surface area contributed by atoms with Gasteiger partial charge in [-0.25, -0.2) is 0 Å². The van der Waals surface area contributed by atoms with Crippen molar-refractivity contribution in [1.29, 1.82) is 0 Å². The molecule has 0 bridgehead atoms. The van der Waals surface area contributed by atoms with Gasteiger partial charge in [-0.15, -0.1) is 0 Å². The van der Waals surface area contributed by atoms with E-state index >= 15 is 0 Å². The van der Waals surface area contributed by atoms with Crippen LogP contribution in [0.3, 0.4) is 0 Å². The van der Waals surface area contributed by atoms with Crippen LogP contribution in [0, 0.1) is 0 Å². The van der Waals surface area contributed by atoms with Crippen LogP contribution < -0.4 is 25.4 Å². The SMILES string of the molecule is COc1ccc(CNC(=O)CC[C@@H]2CNC(=O)[C@@H]3C[C@H](NC(=O)c4ccc(OC)cc4)CN23)cc1. The second kappa shape index (κ2) is 11.2. The third-order valence-corrected chi connectivity index (χ3v) is 6.66. The predicted octanol–water partition coefficient (Wildman–Crippen LogP) is 1.47. The summed E-state index contributed by atoms with van der Waals surface area (Å²) in [6.07, 6.45) is 1.54. The van der Waals surface area contributed by atoms with Gasteiger partial charge in [-0.2, -0.15) is 0 Å². The number of carbonyl (C=O) groups excluding carboxylic acids is 3. The van der Waals surface area contributed by atoms with Gasteiger partial charge in [0.15, 0.2) is 0 Å². The van der Waals surface area contributed by atoms with Crippen molar-refractivity contribution in [3.05, 3.63) is 59.7 Å². The lowest BCUT2D eigenvalue weighted by atomic mass is 10.0. The van der Waals surface area contributed by atoms with Crippen LogP contribution >= 0.6 is 0 Å². The summed E-state index contributed by atoms with van der Waals surface area (Å²) >= 11 is 0. The van der Waals surface area contributed by atoms with E-state index in [1.54, 1.807) is 38.5 Å². The lowest BCUT2D eigenvalue weighted by Crippen LogP contribution is -2.58. The first kappa shape index (κ1) is 24.5. The fourth-order valence-corrected chi connectivity index (χ4v) is 4.69. The minimum absolute atomic E-state index is 0.0218. The van der Waals surface area contributed by atoms with E-state index < -0.39 is 0 Å². The molecule has 3 amide bonds. The van der Waals surface area contributed by atoms with Crippen LogP contribution in [0.5, 0.6) is 11.5 Å². The summed E-state index contributed by atoms with van der Waals surface area (Å²) in [7, 11) is 3.20. The van der Waals surface area contributed by atoms with Crippen molar-refractivity contribution in [3.8, 4) is 11.5 Å². The monoisotopic (exact) mass is 480 g/mol. The van der Waals surface area contributed by atoms with Crippen molar-refractivity contribution >= 4 is 17.7 Å². The highest BCUT2D eigenvalue weighted by molar-refractivity contribution is 5.94. The molecule has 3 N–H and O–H groups in total. The molecule has 9 nitrogen and oxygen atoms in total. The molecule has 0 unspecified atom stereocenters. The third-order valence-electron chi connectivity index (χ3n) is 6.66. The number of fused-ring (bicyclic) bond motifs is 1. The highest BCUT2D eigenvalue weighted by atomic mass is 16.5. The van der Waals surface area contributed by atoms with Crippen LogP contribution in [0.25, 0.3) is 0 Å². The molecule has 2 fully saturated rings. The molecule has 35 heavy (non-hydrogen) atoms. The number of ether oxygens (including phenoxy) is 2. The van der Waals surface area contributed by atoms with Crippen LogP contribution in [0.4, 0.5) is 0 Å². The first-order chi connectivity index (χ1) is 17.0. The molecule has 2 saturated heterocycles. The molecule has 2 heterocycles. The minimum atomic E-state index is -0.294. The molecule has 0 aliphatic carbocycles. The van der Waals surface area contributed by atoms with Gasteiger partial charge in [-0.1, -0.05) is 12.1 Å². The molecule has 186 valence electrons. The van der Waals surface area contributed by atoms with E-state index in [4.69, 9.17) is 9.47 Å². The fourth-order valence-electron chi connectivity index (χ4n) is 4.69. The minimum Gasteiger partial charge on any atom is -0.497 e. The Hall–Kier alpha value is -3.59. The van der Waals surface area contributed by atoms with E-state index in [0.29, 0.717) is 50.2 Å². The first-order valence-corrected chi connectivity index (χ1v) is 11.8. The maximum atomic E-state index is 12.7. The van der Waals surface area contributed by atoms with Crippen molar-refractivity contribution in [2.24, 2.45) is 0 Å². The average molecular weight is 481 g/mol. The van der Waals surface area contributed by atoms with Gasteiger partial charge in [0, 0.05) is 43.7 Å². The molecule has 0 spiro atoms. The number of methoxy groups -OCH3 is 2. The highest BCUT2D eigenvalue weighted by Gasteiger charge is 2.43. The number of carbonyl (C=O) groups is 3. The number of nitrogens with zero attached hydrogens (tertiary/aromatic N) is 1. The van der Waals surface area contributed by atoms with Gasteiger partial charge in [0.1, 0.15) is 11.5 Å². The Balaban J connectivity index is 1.27. The standard InChI is InChI=1S/C26H32N4O5/c1-34-21-8-3-17(4-9-21)14-27-24(31)12-7-20-15-28-26(33)23-13-19(16-30(20)23)29-25(32)18-5-10-22(35-2)11-6-18/h3-6,8-11,19-20,23H,7,12-16H2,1-2H3,(H,27,31)(H,28,33)(H,29,32)/t19-,20+,23-/m0/s1. The fraction of sp³-hybridized carbons (Fsp3) is 0.423. The Morgan fingerprint density at radius 2 is 1.69 bits per heavy atom. The molecule has 4 rings (SSSR count). The zero-order valence-electron chi connectivity index (χ0n) is 20.1. The third kappa shape index (κ3) is 6.10. The summed E-state index contributed by atoms with van der Waals surface area (Å²) in [6.45, 7) is 1.54. The Labute approximate surface area is 205 Å². The van der Waals surface area contributed by atoms with Gasteiger partial charge in [0.05, 0.1) is 20.3 Å². The summed E-state index contributed by atoms with van der Waals surface area (Å²) in [5.41, 5.74) is 1.55. The van der Waals surface area contributed by atoms with Crippen LogP contribution in [0.15, 0.2) is 48.5 Å². The number of benzene rings is 2. The molecule has 2 aromatic rings. The summed E-state index contributed by atoms with van der Waals surface area (Å²) in [4.78, 5) is 39.7. The number of hydrogen-bond donors (Lipinski definition) is 3. The van der Waals surface area contributed by atoms with Crippen LogP contribution in [0.2, 0.25) is 0 Å². The summed E-state index contributed by atoms with van der Waals surface area (Å²) in [6, 6.07) is 14.1. The zero-order valence-corrected chi connectivity index (χ0v) is 20.1. The van der Waals surface area contributed by atoms with Gasteiger partial charge in [0.25, 0.3) is 5.91 Å². The molecule has 0 saturated carbocycles. The van der Waals surface area contributed by atoms with Crippen molar-refractivity contribution in [3.63, 3.8) is 0 Å². The molecule has 2 aliphatic rings. The van der Waals surface area contributed by atoms with Crippen molar-refractivity contribution in [1.82, 2.24) is 20.9 Å². The van der Waals surface area contributed by atoms with Crippen LogP contribution in [0.1, 0.15) is 35.2 Å². The Morgan fingerprint density at radius 1 is 1.03 bits per heavy atom. The lowest BCUT2D eigenvalue weighted by molar-refractivity contribution is -0.129. The van der Waals surface area contributed by atoms with E-state index in [2.05, 4.69) is 20.9 Å². The van der Waals surface area contributed by atoms with Crippen molar-refractivity contribution in [2.75, 3.05) is 27.3 Å². The van der Waals surface area contributed by atoms with E-state index in [-0.39, 0.29) is 35.8 Å². The topological polar surface area (TPSA) is 109 Å². The summed E-state index contributed by atoms with van der Waals surface area (Å²) in [5, 5.41) is 8.97. The maximum Gasteiger partial charge on any atom is 0.251 e. The molecule has 2 aliphatic heterocycles. The van der Waals surface area contributed by atoms with Crippen molar-refractivity contribution < 1.29 is 23.9 Å². The van der Waals surface area contributed by atoms with Crippen molar-refractivity contribution in [2.45, 2.75) is 43.9 Å². The lowest BCUT2D eigenvalue weighted by Gasteiger charge is -2.37. The molecular weight excluding hydrogens is 448 g/mol. The molecule has 3 atom stereocenters. The zero-order chi connectivity index (χ0) is 24.8. The number of piperazine rings is 1. The summed E-state index contributed by atoms with van der Waals surface area (Å²) < 4.78 is 10.3. The molecule has 2 aromatic carbocycles. The largest absolute Gasteiger partial charge is 0.497 e. The number of hydrogen-bond acceptors (Lipinski definition) is 6. The van der Waals surface area contributed by atoms with Gasteiger partial charge in [-0.05, 0) is 54.8 Å².